The lowest BCUT2D eigenvalue weighted by Gasteiger charge is -2.57. The molecule has 0 aliphatic heterocycles. The monoisotopic (exact) mass is 323 g/mol. The highest BCUT2D eigenvalue weighted by Gasteiger charge is 2.50. The van der Waals surface area contributed by atoms with Crippen LogP contribution >= 0.6 is 0 Å². The molecule has 0 unspecified atom stereocenters. The molecule has 1 heterocycles. The Morgan fingerprint density at radius 1 is 1.25 bits per heavy atom. The second-order valence-corrected chi connectivity index (χ2v) is 8.03. The Hall–Kier alpha value is -2.09. The smallest absolute Gasteiger partial charge is 0.205 e. The Labute approximate surface area is 143 Å². The fourth-order valence-electron chi connectivity index (χ4n) is 5.63. The van der Waals surface area contributed by atoms with Gasteiger partial charge in [-0.15, -0.1) is 0 Å². The van der Waals surface area contributed by atoms with Crippen LogP contribution in [0, 0.1) is 34.6 Å². The molecule has 0 saturated heterocycles. The summed E-state index contributed by atoms with van der Waals surface area (Å²) < 4.78 is 0. The van der Waals surface area contributed by atoms with Crippen LogP contribution in [0.25, 0.3) is 0 Å². The van der Waals surface area contributed by atoms with Crippen LogP contribution < -0.4 is 10.6 Å². The number of rotatable bonds is 4. The summed E-state index contributed by atoms with van der Waals surface area (Å²) in [5.41, 5.74) is 1.48. The molecule has 4 aliphatic carbocycles. The number of nitrogens with one attached hydrogen (secondary N) is 2. The van der Waals surface area contributed by atoms with Crippen molar-refractivity contribution in [1.82, 2.24) is 15.6 Å². The van der Waals surface area contributed by atoms with Crippen molar-refractivity contribution >= 4 is 5.96 Å². The summed E-state index contributed by atoms with van der Waals surface area (Å²) in [5.74, 6) is 3.42. The van der Waals surface area contributed by atoms with Crippen LogP contribution in [0.2, 0.25) is 0 Å². The van der Waals surface area contributed by atoms with Crippen LogP contribution in [0.3, 0.4) is 0 Å². The predicted octanol–water partition coefficient (Wildman–Crippen LogP) is 2.81. The van der Waals surface area contributed by atoms with Gasteiger partial charge in [0.05, 0.1) is 6.54 Å². The van der Waals surface area contributed by atoms with E-state index < -0.39 is 0 Å². The average Bonchev–Trinajstić information content (AvgIpc) is 2.57. The Balaban J connectivity index is 1.40. The minimum absolute atomic E-state index is 0.432. The number of nitriles is 1. The van der Waals surface area contributed by atoms with Gasteiger partial charge < -0.3 is 5.32 Å². The number of hydrogen-bond donors (Lipinski definition) is 2. The van der Waals surface area contributed by atoms with Crippen LogP contribution in [0.15, 0.2) is 29.5 Å². The molecule has 126 valence electrons. The molecule has 1 aromatic rings. The molecular formula is C19H25N5. The lowest BCUT2D eigenvalue weighted by atomic mass is 9.49. The van der Waals surface area contributed by atoms with Crippen LogP contribution in [0.4, 0.5) is 0 Å². The Morgan fingerprint density at radius 3 is 2.54 bits per heavy atom. The summed E-state index contributed by atoms with van der Waals surface area (Å²) in [4.78, 5) is 8.64. The van der Waals surface area contributed by atoms with Crippen LogP contribution in [0.1, 0.15) is 44.1 Å². The molecule has 4 saturated carbocycles. The number of nitrogens with zero attached hydrogens (tertiary/aromatic N) is 3. The average molecular weight is 323 g/mol. The first-order chi connectivity index (χ1) is 11.7. The highest BCUT2D eigenvalue weighted by molar-refractivity contribution is 5.81. The minimum atomic E-state index is 0.432. The van der Waals surface area contributed by atoms with E-state index in [-0.39, 0.29) is 0 Å². The van der Waals surface area contributed by atoms with Gasteiger partial charge in [-0.05, 0) is 73.3 Å². The number of pyridine rings is 1. The molecule has 4 aliphatic rings. The molecule has 5 nitrogen and oxygen atoms in total. The van der Waals surface area contributed by atoms with Crippen molar-refractivity contribution in [2.45, 2.75) is 45.1 Å². The summed E-state index contributed by atoms with van der Waals surface area (Å²) in [6.45, 7) is 1.47. The molecule has 0 atom stereocenters. The second kappa shape index (κ2) is 6.43. The maximum absolute atomic E-state index is 9.00. The molecule has 5 rings (SSSR count). The van der Waals surface area contributed by atoms with E-state index in [2.05, 4.69) is 20.6 Å². The first-order valence-corrected chi connectivity index (χ1v) is 9.07. The zero-order chi connectivity index (χ0) is 16.4. The van der Waals surface area contributed by atoms with Gasteiger partial charge in [0, 0.05) is 18.9 Å². The van der Waals surface area contributed by atoms with Gasteiger partial charge in [-0.3, -0.25) is 10.3 Å². The maximum atomic E-state index is 9.00. The van der Waals surface area contributed by atoms with Crippen molar-refractivity contribution in [3.8, 4) is 6.19 Å². The molecule has 2 N–H and O–H groups in total. The lowest BCUT2D eigenvalue weighted by Crippen LogP contribution is -2.52. The number of aliphatic imine (C=N–C) groups is 1. The van der Waals surface area contributed by atoms with Gasteiger partial charge >= 0.3 is 0 Å². The molecule has 0 aromatic carbocycles. The summed E-state index contributed by atoms with van der Waals surface area (Å²) >= 11 is 0. The fourth-order valence-corrected chi connectivity index (χ4v) is 5.63. The van der Waals surface area contributed by atoms with Gasteiger partial charge in [-0.25, -0.2) is 4.99 Å². The fraction of sp³-hybridized carbons (Fsp3) is 0.632. The summed E-state index contributed by atoms with van der Waals surface area (Å²) in [7, 11) is 0. The van der Waals surface area contributed by atoms with Crippen LogP contribution in [-0.4, -0.2) is 17.5 Å². The second-order valence-electron chi connectivity index (χ2n) is 8.03. The van der Waals surface area contributed by atoms with E-state index in [0.29, 0.717) is 17.9 Å². The van der Waals surface area contributed by atoms with Crippen LogP contribution in [0.5, 0.6) is 0 Å². The highest BCUT2D eigenvalue weighted by atomic mass is 15.2. The molecule has 24 heavy (non-hydrogen) atoms. The third-order valence-corrected chi connectivity index (χ3v) is 6.11. The van der Waals surface area contributed by atoms with Crippen molar-refractivity contribution in [3.63, 3.8) is 0 Å². The van der Waals surface area contributed by atoms with E-state index in [0.717, 1.165) is 29.9 Å². The third kappa shape index (κ3) is 3.24. The topological polar surface area (TPSA) is 73.1 Å². The minimum Gasteiger partial charge on any atom is -0.355 e. The van der Waals surface area contributed by atoms with Gasteiger partial charge in [0.2, 0.25) is 5.96 Å². The van der Waals surface area contributed by atoms with Crippen molar-refractivity contribution < 1.29 is 0 Å². The molecule has 0 amide bonds. The van der Waals surface area contributed by atoms with Crippen molar-refractivity contribution in [2.24, 2.45) is 28.2 Å². The molecule has 4 fully saturated rings. The third-order valence-electron chi connectivity index (χ3n) is 6.11. The molecule has 4 bridgehead atoms. The zero-order valence-corrected chi connectivity index (χ0v) is 14.0. The van der Waals surface area contributed by atoms with Gasteiger partial charge in [-0.2, -0.15) is 5.26 Å². The van der Waals surface area contributed by atoms with Crippen molar-refractivity contribution in [3.05, 3.63) is 30.1 Å². The molecular weight excluding hydrogens is 298 g/mol. The van der Waals surface area contributed by atoms with E-state index in [4.69, 9.17) is 5.26 Å². The summed E-state index contributed by atoms with van der Waals surface area (Å²) in [6, 6.07) is 3.91. The summed E-state index contributed by atoms with van der Waals surface area (Å²) in [5, 5.41) is 15.2. The van der Waals surface area contributed by atoms with Crippen LogP contribution in [-0.2, 0) is 6.54 Å². The lowest BCUT2D eigenvalue weighted by molar-refractivity contribution is -0.0492. The largest absolute Gasteiger partial charge is 0.355 e. The molecule has 5 heteroatoms. The predicted molar refractivity (Wildman–Crippen MR) is 92.7 cm³/mol. The van der Waals surface area contributed by atoms with Crippen molar-refractivity contribution in [2.75, 3.05) is 6.54 Å². The van der Waals surface area contributed by atoms with E-state index in [1.807, 2.05) is 24.5 Å². The van der Waals surface area contributed by atoms with Gasteiger partial charge in [0.25, 0.3) is 0 Å². The SMILES string of the molecule is N#CNC(=NCc1cccnc1)NCC12CC3CC(CC(C3)C1)C2. The van der Waals surface area contributed by atoms with Gasteiger partial charge in [0.1, 0.15) is 0 Å². The Bertz CT molecular complexity index is 610. The van der Waals surface area contributed by atoms with E-state index in [9.17, 15) is 0 Å². The first kappa shape index (κ1) is 15.4. The number of hydrogen-bond acceptors (Lipinski definition) is 3. The quantitative estimate of drug-likeness (QED) is 0.387. The van der Waals surface area contributed by atoms with E-state index in [1.165, 1.54) is 38.5 Å². The normalized spacial score (nSPS) is 34.0. The number of aromatic nitrogens is 1. The molecule has 0 spiro atoms. The zero-order valence-electron chi connectivity index (χ0n) is 14.0. The standard InChI is InChI=1S/C19H25N5/c20-13-24-18(22-11-14-2-1-3-21-10-14)23-12-19-7-15-4-16(8-19)6-17(5-15)9-19/h1-3,10,15-17H,4-9,11-12H2,(H2,22,23,24). The van der Waals surface area contributed by atoms with Gasteiger partial charge in [-0.1, -0.05) is 6.07 Å². The van der Waals surface area contributed by atoms with E-state index in [1.54, 1.807) is 6.20 Å². The molecule has 1 aromatic heterocycles. The van der Waals surface area contributed by atoms with Crippen molar-refractivity contribution in [1.29, 1.82) is 5.26 Å². The Kier molecular flexibility index (Phi) is 4.13. The molecule has 0 radical (unpaired) electrons. The van der Waals surface area contributed by atoms with Gasteiger partial charge in [0.15, 0.2) is 6.19 Å². The first-order valence-electron chi connectivity index (χ1n) is 9.07. The summed E-state index contributed by atoms with van der Waals surface area (Å²) in [6.07, 6.45) is 14.0. The van der Waals surface area contributed by atoms with E-state index >= 15 is 0 Å². The number of guanidine groups is 1. The Morgan fingerprint density at radius 2 is 1.96 bits per heavy atom. The highest BCUT2D eigenvalue weighted by Crippen LogP contribution is 2.59. The maximum Gasteiger partial charge on any atom is 0.205 e.